The molecule has 3 aromatic rings. The fourth-order valence-corrected chi connectivity index (χ4v) is 5.61. The van der Waals surface area contributed by atoms with Crippen LogP contribution in [0.25, 0.3) is 10.4 Å². The first kappa shape index (κ1) is 21.6. The van der Waals surface area contributed by atoms with Crippen LogP contribution in [0.2, 0.25) is 0 Å². The standard InChI is InChI=1S/C25H25N3OS2/c26-16-20-24(22-12-7-15-30-22)19-10-5-2-6-11-21(19)28-25(20)31-17-23(29)27-14-13-18-8-3-1-4-9-18/h1,3-4,7-9,12,15H,2,5-6,10-11,13-14,17H2,(H,27,29). The van der Waals surface area contributed by atoms with Crippen molar-refractivity contribution < 1.29 is 4.79 Å². The summed E-state index contributed by atoms with van der Waals surface area (Å²) in [6.45, 7) is 0.604. The van der Waals surface area contributed by atoms with Crippen molar-refractivity contribution in [3.63, 3.8) is 0 Å². The number of nitrogens with one attached hydrogen (secondary N) is 1. The minimum Gasteiger partial charge on any atom is -0.355 e. The number of thioether (sulfide) groups is 1. The van der Waals surface area contributed by atoms with Crippen LogP contribution >= 0.6 is 23.1 Å². The highest BCUT2D eigenvalue weighted by molar-refractivity contribution is 8.00. The molecule has 0 atom stereocenters. The van der Waals surface area contributed by atoms with Gasteiger partial charge >= 0.3 is 0 Å². The maximum Gasteiger partial charge on any atom is 0.230 e. The molecule has 0 saturated carbocycles. The highest BCUT2D eigenvalue weighted by Gasteiger charge is 2.23. The maximum absolute atomic E-state index is 12.4. The highest BCUT2D eigenvalue weighted by atomic mass is 32.2. The lowest BCUT2D eigenvalue weighted by Gasteiger charge is -2.16. The van der Waals surface area contributed by atoms with Gasteiger partial charge in [-0.15, -0.1) is 11.3 Å². The number of hydrogen-bond donors (Lipinski definition) is 1. The molecule has 4 rings (SSSR count). The van der Waals surface area contributed by atoms with Gasteiger partial charge in [-0.2, -0.15) is 5.26 Å². The predicted octanol–water partition coefficient (Wildman–Crippen LogP) is 5.40. The van der Waals surface area contributed by atoms with Gasteiger partial charge in [-0.25, -0.2) is 4.98 Å². The zero-order valence-corrected chi connectivity index (χ0v) is 19.0. The second-order valence-electron chi connectivity index (χ2n) is 7.62. The SMILES string of the molecule is N#Cc1c(SCC(=O)NCCc2ccccc2)nc2c(c1-c1cccs1)CCCCC2. The molecule has 1 N–H and O–H groups in total. The normalized spacial score (nSPS) is 13.1. The number of carbonyl (C=O) groups is 1. The first-order chi connectivity index (χ1) is 15.3. The van der Waals surface area contributed by atoms with Gasteiger partial charge in [-0.05, 0) is 54.7 Å². The van der Waals surface area contributed by atoms with E-state index in [2.05, 4.69) is 29.6 Å². The average Bonchev–Trinajstić information content (AvgIpc) is 3.22. The van der Waals surface area contributed by atoms with Crippen molar-refractivity contribution in [1.29, 1.82) is 5.26 Å². The molecule has 0 radical (unpaired) electrons. The van der Waals surface area contributed by atoms with Gasteiger partial charge in [0, 0.05) is 22.7 Å². The maximum atomic E-state index is 12.4. The Hall–Kier alpha value is -2.62. The van der Waals surface area contributed by atoms with Crippen molar-refractivity contribution in [3.05, 3.63) is 70.2 Å². The first-order valence-electron chi connectivity index (χ1n) is 10.7. The second kappa shape index (κ2) is 10.6. The zero-order chi connectivity index (χ0) is 21.5. The Morgan fingerprint density at radius 3 is 2.74 bits per heavy atom. The average molecular weight is 448 g/mol. The lowest BCUT2D eigenvalue weighted by Crippen LogP contribution is -2.27. The highest BCUT2D eigenvalue weighted by Crippen LogP contribution is 2.39. The Bertz CT molecular complexity index is 1070. The van der Waals surface area contributed by atoms with Gasteiger partial charge < -0.3 is 5.32 Å². The number of carbonyl (C=O) groups excluding carboxylic acids is 1. The number of aromatic nitrogens is 1. The van der Waals surface area contributed by atoms with E-state index in [1.807, 2.05) is 29.6 Å². The monoisotopic (exact) mass is 447 g/mol. The molecule has 31 heavy (non-hydrogen) atoms. The number of benzene rings is 1. The molecule has 0 bridgehead atoms. The van der Waals surface area contributed by atoms with Crippen LogP contribution in [0.3, 0.4) is 0 Å². The third-order valence-electron chi connectivity index (χ3n) is 5.49. The van der Waals surface area contributed by atoms with E-state index in [1.165, 1.54) is 29.3 Å². The Balaban J connectivity index is 1.50. The van der Waals surface area contributed by atoms with E-state index < -0.39 is 0 Å². The van der Waals surface area contributed by atoms with Gasteiger partial charge in [0.05, 0.1) is 11.3 Å². The summed E-state index contributed by atoms with van der Waals surface area (Å²) in [5.41, 5.74) is 5.19. The summed E-state index contributed by atoms with van der Waals surface area (Å²) in [7, 11) is 0. The summed E-state index contributed by atoms with van der Waals surface area (Å²) in [5, 5.41) is 15.7. The Labute approximate surface area is 191 Å². The van der Waals surface area contributed by atoms with Crippen LogP contribution < -0.4 is 5.32 Å². The molecule has 1 aliphatic rings. The minimum atomic E-state index is -0.0285. The van der Waals surface area contributed by atoms with E-state index >= 15 is 0 Å². The van der Waals surface area contributed by atoms with Crippen LogP contribution in [-0.4, -0.2) is 23.2 Å². The lowest BCUT2D eigenvalue weighted by molar-refractivity contribution is -0.118. The smallest absolute Gasteiger partial charge is 0.230 e. The second-order valence-corrected chi connectivity index (χ2v) is 9.53. The van der Waals surface area contributed by atoms with Gasteiger partial charge in [0.2, 0.25) is 5.91 Å². The summed E-state index contributed by atoms with van der Waals surface area (Å²) in [4.78, 5) is 18.4. The molecule has 2 heterocycles. The lowest BCUT2D eigenvalue weighted by atomic mass is 9.97. The van der Waals surface area contributed by atoms with Crippen LogP contribution in [0.15, 0.2) is 52.9 Å². The number of pyridine rings is 1. The fourth-order valence-electron chi connectivity index (χ4n) is 3.97. The number of hydrogen-bond acceptors (Lipinski definition) is 5. The Morgan fingerprint density at radius 1 is 1.13 bits per heavy atom. The number of rotatable bonds is 7. The topological polar surface area (TPSA) is 65.8 Å². The van der Waals surface area contributed by atoms with E-state index in [1.54, 1.807) is 11.3 Å². The van der Waals surface area contributed by atoms with Crippen molar-refractivity contribution >= 4 is 29.0 Å². The molecule has 158 valence electrons. The summed E-state index contributed by atoms with van der Waals surface area (Å²) in [6, 6.07) is 16.6. The number of thiophene rings is 1. The summed E-state index contributed by atoms with van der Waals surface area (Å²) in [6.07, 6.45) is 6.16. The van der Waals surface area contributed by atoms with Gasteiger partial charge in [0.15, 0.2) is 0 Å². The summed E-state index contributed by atoms with van der Waals surface area (Å²) < 4.78 is 0. The summed E-state index contributed by atoms with van der Waals surface area (Å²) in [5.74, 6) is 0.235. The predicted molar refractivity (Wildman–Crippen MR) is 127 cm³/mol. The van der Waals surface area contributed by atoms with Gasteiger partial charge in [0.25, 0.3) is 0 Å². The fraction of sp³-hybridized carbons (Fsp3) is 0.320. The number of aryl methyl sites for hydroxylation is 1. The van der Waals surface area contributed by atoms with E-state index in [0.29, 0.717) is 17.1 Å². The summed E-state index contributed by atoms with van der Waals surface area (Å²) >= 11 is 3.04. The minimum absolute atomic E-state index is 0.0285. The zero-order valence-electron chi connectivity index (χ0n) is 17.4. The van der Waals surface area contributed by atoms with Crippen molar-refractivity contribution in [2.75, 3.05) is 12.3 Å². The quantitative estimate of drug-likeness (QED) is 0.389. The molecular formula is C25H25N3OS2. The molecule has 1 aliphatic carbocycles. The van der Waals surface area contributed by atoms with Gasteiger partial charge in [-0.3, -0.25) is 4.79 Å². The van der Waals surface area contributed by atoms with Crippen molar-refractivity contribution in [1.82, 2.24) is 10.3 Å². The Morgan fingerprint density at radius 2 is 1.97 bits per heavy atom. The molecule has 2 aromatic heterocycles. The van der Waals surface area contributed by atoms with Crippen LogP contribution in [0.4, 0.5) is 0 Å². The molecule has 6 heteroatoms. The van der Waals surface area contributed by atoms with Crippen LogP contribution in [0.1, 0.15) is 41.6 Å². The molecule has 1 aromatic carbocycles. The van der Waals surface area contributed by atoms with Crippen LogP contribution in [0, 0.1) is 11.3 Å². The molecule has 0 unspecified atom stereocenters. The number of fused-ring (bicyclic) bond motifs is 1. The van der Waals surface area contributed by atoms with E-state index in [4.69, 9.17) is 4.98 Å². The third kappa shape index (κ3) is 5.36. The molecular weight excluding hydrogens is 422 g/mol. The number of nitrogens with zero attached hydrogens (tertiary/aromatic N) is 2. The van der Waals surface area contributed by atoms with E-state index in [-0.39, 0.29) is 11.7 Å². The van der Waals surface area contributed by atoms with E-state index in [0.717, 1.165) is 48.2 Å². The van der Waals surface area contributed by atoms with Crippen molar-refractivity contribution in [3.8, 4) is 16.5 Å². The van der Waals surface area contributed by atoms with Crippen molar-refractivity contribution in [2.45, 2.75) is 43.6 Å². The molecule has 0 fully saturated rings. The largest absolute Gasteiger partial charge is 0.355 e. The molecule has 0 saturated heterocycles. The molecule has 4 nitrogen and oxygen atoms in total. The van der Waals surface area contributed by atoms with E-state index in [9.17, 15) is 10.1 Å². The van der Waals surface area contributed by atoms with Gasteiger partial charge in [-0.1, -0.05) is 54.6 Å². The first-order valence-corrected chi connectivity index (χ1v) is 12.6. The van der Waals surface area contributed by atoms with Crippen LogP contribution in [0.5, 0.6) is 0 Å². The van der Waals surface area contributed by atoms with Gasteiger partial charge in [0.1, 0.15) is 11.1 Å². The van der Waals surface area contributed by atoms with Crippen molar-refractivity contribution in [2.24, 2.45) is 0 Å². The Kier molecular flexibility index (Phi) is 7.39. The number of amides is 1. The third-order valence-corrected chi connectivity index (χ3v) is 7.35. The molecule has 0 spiro atoms. The van der Waals surface area contributed by atoms with Crippen LogP contribution in [-0.2, 0) is 24.1 Å². The molecule has 1 amide bonds. The number of nitriles is 1. The molecule has 0 aliphatic heterocycles.